The molecule has 1 N–H and O–H groups in total. The Morgan fingerprint density at radius 3 is 2.40 bits per heavy atom. The van der Waals surface area contributed by atoms with Crippen LogP contribution in [-0.2, 0) is 19.6 Å². The summed E-state index contributed by atoms with van der Waals surface area (Å²) in [6, 6.07) is 17.0. The second-order valence-electron chi connectivity index (χ2n) is 6.30. The topological polar surface area (TPSA) is 88.1 Å². The standard InChI is InChI=1S/C20H15ClIN3O4S/c21-17-15-11-16(20(26)29-12-22)25(30(27,28)14-9-5-2-6-10-14)19(15)24-18(23-17)13-7-3-1-4-8-13/h1-11,19H,12H2,(H,23,24). The van der Waals surface area contributed by atoms with E-state index in [9.17, 15) is 13.2 Å². The Bertz CT molecular complexity index is 1180. The molecule has 1 atom stereocenters. The van der Waals surface area contributed by atoms with E-state index in [1.165, 1.54) is 18.2 Å². The van der Waals surface area contributed by atoms with E-state index < -0.39 is 22.2 Å². The first-order chi connectivity index (χ1) is 14.4. The maximum absolute atomic E-state index is 13.5. The van der Waals surface area contributed by atoms with Gasteiger partial charge in [-0.05, 0) is 40.8 Å². The Balaban J connectivity index is 1.86. The molecule has 0 bridgehead atoms. The zero-order valence-electron chi connectivity index (χ0n) is 15.3. The molecular formula is C20H15ClIN3O4S. The van der Waals surface area contributed by atoms with Crippen LogP contribution in [-0.4, -0.2) is 35.3 Å². The van der Waals surface area contributed by atoms with Crippen LogP contribution in [0.5, 0.6) is 0 Å². The molecular weight excluding hydrogens is 541 g/mol. The van der Waals surface area contributed by atoms with Crippen molar-refractivity contribution < 1.29 is 17.9 Å². The highest BCUT2D eigenvalue weighted by Gasteiger charge is 2.45. The number of hydrogen-bond acceptors (Lipinski definition) is 6. The number of hydrogen-bond donors (Lipinski definition) is 1. The number of fused-ring (bicyclic) bond motifs is 1. The number of carbonyl (C=O) groups excluding carboxylic acids is 1. The molecule has 4 rings (SSSR count). The molecule has 2 aromatic rings. The number of benzene rings is 2. The van der Waals surface area contributed by atoms with Crippen molar-refractivity contribution in [1.82, 2.24) is 9.62 Å². The van der Waals surface area contributed by atoms with Crippen LogP contribution in [0.1, 0.15) is 5.56 Å². The van der Waals surface area contributed by atoms with Crippen molar-refractivity contribution in [1.29, 1.82) is 0 Å². The van der Waals surface area contributed by atoms with E-state index in [0.29, 0.717) is 11.4 Å². The summed E-state index contributed by atoms with van der Waals surface area (Å²) in [6.45, 7) is 0. The van der Waals surface area contributed by atoms with Gasteiger partial charge in [0.05, 0.1) is 4.90 Å². The van der Waals surface area contributed by atoms with Crippen molar-refractivity contribution >= 4 is 56.0 Å². The smallest absolute Gasteiger partial charge is 0.356 e. The van der Waals surface area contributed by atoms with Crippen molar-refractivity contribution in [2.45, 2.75) is 11.1 Å². The average molecular weight is 556 g/mol. The van der Waals surface area contributed by atoms with Crippen LogP contribution < -0.4 is 5.32 Å². The third kappa shape index (κ3) is 3.72. The second kappa shape index (κ2) is 8.40. The number of sulfonamides is 1. The van der Waals surface area contributed by atoms with Crippen LogP contribution in [0.2, 0.25) is 0 Å². The summed E-state index contributed by atoms with van der Waals surface area (Å²) in [5, 5.41) is 3.18. The fourth-order valence-electron chi connectivity index (χ4n) is 3.15. The molecule has 2 heterocycles. The molecule has 2 aliphatic heterocycles. The van der Waals surface area contributed by atoms with E-state index in [4.69, 9.17) is 16.3 Å². The molecule has 10 heteroatoms. The molecule has 0 amide bonds. The summed E-state index contributed by atoms with van der Waals surface area (Å²) in [6.07, 6.45) is 0.372. The van der Waals surface area contributed by atoms with Gasteiger partial charge in [0.15, 0.2) is 6.17 Å². The molecule has 0 spiro atoms. The van der Waals surface area contributed by atoms with Gasteiger partial charge >= 0.3 is 5.97 Å². The monoisotopic (exact) mass is 555 g/mol. The molecule has 0 fully saturated rings. The zero-order valence-corrected chi connectivity index (χ0v) is 19.1. The zero-order chi connectivity index (χ0) is 21.3. The second-order valence-corrected chi connectivity index (χ2v) is 9.11. The number of alkyl halides is 1. The average Bonchev–Trinajstić information content (AvgIpc) is 3.16. The van der Waals surface area contributed by atoms with E-state index in [1.807, 2.05) is 52.9 Å². The van der Waals surface area contributed by atoms with Crippen molar-refractivity contribution in [2.75, 3.05) is 4.61 Å². The number of esters is 1. The molecule has 0 aliphatic carbocycles. The largest absolute Gasteiger partial charge is 0.450 e. The van der Waals surface area contributed by atoms with E-state index in [1.54, 1.807) is 18.2 Å². The van der Waals surface area contributed by atoms with Crippen molar-refractivity contribution in [3.63, 3.8) is 0 Å². The molecule has 0 saturated heterocycles. The maximum atomic E-state index is 13.5. The lowest BCUT2D eigenvalue weighted by atomic mass is 10.1. The van der Waals surface area contributed by atoms with Gasteiger partial charge in [0.1, 0.15) is 21.3 Å². The van der Waals surface area contributed by atoms with Crippen LogP contribution in [0.3, 0.4) is 0 Å². The number of halogens is 2. The quantitative estimate of drug-likeness (QED) is 0.265. The van der Waals surface area contributed by atoms with E-state index in [0.717, 1.165) is 9.87 Å². The minimum atomic E-state index is -4.12. The van der Waals surface area contributed by atoms with Crippen LogP contribution in [0.25, 0.3) is 0 Å². The van der Waals surface area contributed by atoms with Crippen LogP contribution in [0, 0.1) is 0 Å². The van der Waals surface area contributed by atoms with Gasteiger partial charge < -0.3 is 10.1 Å². The van der Waals surface area contributed by atoms with Gasteiger partial charge in [0, 0.05) is 11.1 Å². The normalized spacial score (nSPS) is 18.3. The molecule has 2 aliphatic rings. The van der Waals surface area contributed by atoms with Crippen LogP contribution in [0.4, 0.5) is 0 Å². The Morgan fingerprint density at radius 2 is 1.77 bits per heavy atom. The minimum absolute atomic E-state index is 0.0329. The maximum Gasteiger partial charge on any atom is 0.356 e. The van der Waals surface area contributed by atoms with Crippen LogP contribution in [0.15, 0.2) is 93.1 Å². The lowest BCUT2D eigenvalue weighted by Gasteiger charge is -2.29. The molecule has 2 aromatic carbocycles. The van der Waals surface area contributed by atoms with E-state index >= 15 is 0 Å². The molecule has 0 saturated carbocycles. The van der Waals surface area contributed by atoms with Gasteiger partial charge in [-0.1, -0.05) is 60.1 Å². The predicted molar refractivity (Wildman–Crippen MR) is 121 cm³/mol. The van der Waals surface area contributed by atoms with Crippen molar-refractivity contribution in [3.05, 3.63) is 88.7 Å². The third-order valence-corrected chi connectivity index (χ3v) is 6.91. The van der Waals surface area contributed by atoms with Gasteiger partial charge in [-0.15, -0.1) is 0 Å². The molecule has 154 valence electrons. The molecule has 30 heavy (non-hydrogen) atoms. The number of ether oxygens (including phenoxy) is 1. The summed E-state index contributed by atoms with van der Waals surface area (Å²) in [4.78, 5) is 17.2. The fraction of sp³-hybridized carbons (Fsp3) is 0.100. The van der Waals surface area contributed by atoms with Gasteiger partial charge in [-0.2, -0.15) is 0 Å². The molecule has 0 aromatic heterocycles. The summed E-state index contributed by atoms with van der Waals surface area (Å²) in [5.74, 6) is -0.369. The highest BCUT2D eigenvalue weighted by atomic mass is 127. The Morgan fingerprint density at radius 1 is 1.13 bits per heavy atom. The first-order valence-electron chi connectivity index (χ1n) is 8.77. The number of carbonyl (C=O) groups is 1. The first-order valence-corrected chi connectivity index (χ1v) is 12.1. The van der Waals surface area contributed by atoms with Gasteiger partial charge in [0.25, 0.3) is 10.0 Å². The number of nitrogens with zero attached hydrogens (tertiary/aromatic N) is 2. The number of aliphatic imine (C=N–C) groups is 1. The van der Waals surface area contributed by atoms with Crippen LogP contribution >= 0.6 is 34.2 Å². The minimum Gasteiger partial charge on any atom is -0.450 e. The number of rotatable bonds is 5. The SMILES string of the molecule is O=C(OCI)C1=CC2=C(Cl)NC(c3ccccc3)=NC2N1S(=O)(=O)c1ccccc1. The first kappa shape index (κ1) is 20.9. The summed E-state index contributed by atoms with van der Waals surface area (Å²) < 4.78 is 33.1. The Kier molecular flexibility index (Phi) is 5.85. The lowest BCUT2D eigenvalue weighted by molar-refractivity contribution is -0.137. The van der Waals surface area contributed by atoms with Crippen molar-refractivity contribution in [2.24, 2.45) is 4.99 Å². The molecule has 0 radical (unpaired) electrons. The summed E-state index contributed by atoms with van der Waals surface area (Å²) >= 11 is 8.31. The molecule has 1 unspecified atom stereocenters. The molecule has 7 nitrogen and oxygen atoms in total. The highest BCUT2D eigenvalue weighted by Crippen LogP contribution is 2.38. The fourth-order valence-corrected chi connectivity index (χ4v) is 5.22. The van der Waals surface area contributed by atoms with E-state index in [2.05, 4.69) is 10.3 Å². The Hall–Kier alpha value is -2.37. The van der Waals surface area contributed by atoms with E-state index in [-0.39, 0.29) is 20.4 Å². The third-order valence-electron chi connectivity index (χ3n) is 4.50. The highest BCUT2D eigenvalue weighted by molar-refractivity contribution is 14.1. The Labute approximate surface area is 192 Å². The van der Waals surface area contributed by atoms with Gasteiger partial charge in [0.2, 0.25) is 0 Å². The van der Waals surface area contributed by atoms with Crippen molar-refractivity contribution in [3.8, 4) is 0 Å². The number of amidine groups is 1. The van der Waals surface area contributed by atoms with Gasteiger partial charge in [-0.25, -0.2) is 22.5 Å². The lowest BCUT2D eigenvalue weighted by Crippen LogP contribution is -2.42. The summed E-state index contributed by atoms with van der Waals surface area (Å²) in [7, 11) is -4.12. The predicted octanol–water partition coefficient (Wildman–Crippen LogP) is 3.34. The van der Waals surface area contributed by atoms with Gasteiger partial charge in [-0.3, -0.25) is 0 Å². The summed E-state index contributed by atoms with van der Waals surface area (Å²) in [5.41, 5.74) is 0.958. The number of nitrogens with one attached hydrogen (secondary N) is 1.